The molecule has 0 bridgehead atoms. The molecule has 15 heavy (non-hydrogen) atoms. The molecule has 1 unspecified atom stereocenters. The van der Waals surface area contributed by atoms with E-state index < -0.39 is 0 Å². The van der Waals surface area contributed by atoms with Crippen molar-refractivity contribution in [2.45, 2.75) is 19.4 Å². The summed E-state index contributed by atoms with van der Waals surface area (Å²) in [5.74, 6) is 0. The highest BCUT2D eigenvalue weighted by molar-refractivity contribution is 5.59. The SMILES string of the molecule is Cc1ccc(C#N)c(NC2CCNC2)c1. The van der Waals surface area contributed by atoms with Gasteiger partial charge in [-0.05, 0) is 37.6 Å². The molecule has 1 aliphatic heterocycles. The summed E-state index contributed by atoms with van der Waals surface area (Å²) in [7, 11) is 0. The normalized spacial score (nSPS) is 19.9. The highest BCUT2D eigenvalue weighted by atomic mass is 15.0. The highest BCUT2D eigenvalue weighted by Gasteiger charge is 2.15. The maximum atomic E-state index is 8.98. The van der Waals surface area contributed by atoms with Gasteiger partial charge in [0.2, 0.25) is 0 Å². The Kier molecular flexibility index (Phi) is 2.89. The van der Waals surface area contributed by atoms with Gasteiger partial charge in [-0.1, -0.05) is 6.07 Å². The number of nitrogens with one attached hydrogen (secondary N) is 2. The van der Waals surface area contributed by atoms with E-state index in [0.29, 0.717) is 6.04 Å². The number of aryl methyl sites for hydroxylation is 1. The molecule has 0 aromatic heterocycles. The van der Waals surface area contributed by atoms with Gasteiger partial charge in [0.15, 0.2) is 0 Å². The van der Waals surface area contributed by atoms with Crippen molar-refractivity contribution in [3.8, 4) is 6.07 Å². The Morgan fingerprint density at radius 1 is 1.53 bits per heavy atom. The molecule has 1 heterocycles. The quantitative estimate of drug-likeness (QED) is 0.764. The van der Waals surface area contributed by atoms with Crippen molar-refractivity contribution in [2.24, 2.45) is 0 Å². The standard InChI is InChI=1S/C12H15N3/c1-9-2-3-10(7-13)12(6-9)15-11-4-5-14-8-11/h2-3,6,11,14-15H,4-5,8H2,1H3. The first-order chi connectivity index (χ1) is 7.29. The van der Waals surface area contributed by atoms with Crippen molar-refractivity contribution in [1.29, 1.82) is 5.26 Å². The average molecular weight is 201 g/mol. The average Bonchev–Trinajstić information content (AvgIpc) is 2.71. The third-order valence-electron chi connectivity index (χ3n) is 2.72. The van der Waals surface area contributed by atoms with Crippen LogP contribution in [0.2, 0.25) is 0 Å². The van der Waals surface area contributed by atoms with E-state index in [1.807, 2.05) is 25.1 Å². The Labute approximate surface area is 90.1 Å². The molecule has 1 aromatic rings. The maximum absolute atomic E-state index is 8.98. The molecule has 78 valence electrons. The van der Waals surface area contributed by atoms with Crippen LogP contribution in [0.25, 0.3) is 0 Å². The summed E-state index contributed by atoms with van der Waals surface area (Å²) in [5.41, 5.74) is 2.88. The molecule has 0 amide bonds. The fraction of sp³-hybridized carbons (Fsp3) is 0.417. The van der Waals surface area contributed by atoms with Gasteiger partial charge in [0, 0.05) is 12.6 Å². The number of anilines is 1. The molecular weight excluding hydrogens is 186 g/mol. The molecule has 0 saturated carbocycles. The smallest absolute Gasteiger partial charge is 0.101 e. The molecule has 0 radical (unpaired) electrons. The number of rotatable bonds is 2. The van der Waals surface area contributed by atoms with Crippen LogP contribution in [0.4, 0.5) is 5.69 Å². The second kappa shape index (κ2) is 4.33. The van der Waals surface area contributed by atoms with Gasteiger partial charge in [0.1, 0.15) is 6.07 Å². The van der Waals surface area contributed by atoms with Crippen LogP contribution in [-0.4, -0.2) is 19.1 Å². The second-order valence-corrected chi connectivity index (χ2v) is 3.99. The van der Waals surface area contributed by atoms with Crippen LogP contribution >= 0.6 is 0 Å². The van der Waals surface area contributed by atoms with Gasteiger partial charge in [0.25, 0.3) is 0 Å². The van der Waals surface area contributed by atoms with Crippen molar-refractivity contribution in [1.82, 2.24) is 5.32 Å². The lowest BCUT2D eigenvalue weighted by molar-refractivity contribution is 0.793. The minimum Gasteiger partial charge on any atom is -0.380 e. The highest BCUT2D eigenvalue weighted by Crippen LogP contribution is 2.18. The summed E-state index contributed by atoms with van der Waals surface area (Å²) >= 11 is 0. The number of nitriles is 1. The van der Waals surface area contributed by atoms with E-state index in [2.05, 4.69) is 16.7 Å². The predicted octanol–water partition coefficient (Wildman–Crippen LogP) is 1.64. The van der Waals surface area contributed by atoms with Crippen molar-refractivity contribution in [3.05, 3.63) is 29.3 Å². The number of hydrogen-bond acceptors (Lipinski definition) is 3. The fourth-order valence-electron chi connectivity index (χ4n) is 1.87. The summed E-state index contributed by atoms with van der Waals surface area (Å²) in [6.07, 6.45) is 1.12. The third kappa shape index (κ3) is 2.28. The van der Waals surface area contributed by atoms with Gasteiger partial charge in [-0.3, -0.25) is 0 Å². The summed E-state index contributed by atoms with van der Waals surface area (Å²) in [4.78, 5) is 0. The summed E-state index contributed by atoms with van der Waals surface area (Å²) in [6, 6.07) is 8.55. The molecule has 3 heteroatoms. The minimum absolute atomic E-state index is 0.457. The Hall–Kier alpha value is -1.53. The van der Waals surface area contributed by atoms with Gasteiger partial charge in [-0.15, -0.1) is 0 Å². The van der Waals surface area contributed by atoms with E-state index >= 15 is 0 Å². The van der Waals surface area contributed by atoms with Crippen LogP contribution in [0.1, 0.15) is 17.5 Å². The largest absolute Gasteiger partial charge is 0.380 e. The van der Waals surface area contributed by atoms with Crippen LogP contribution in [0.5, 0.6) is 0 Å². The molecule has 1 aromatic carbocycles. The lowest BCUT2D eigenvalue weighted by Gasteiger charge is -2.14. The Balaban J connectivity index is 2.18. The Bertz CT molecular complexity index is 386. The lowest BCUT2D eigenvalue weighted by atomic mass is 10.1. The molecule has 2 N–H and O–H groups in total. The van der Waals surface area contributed by atoms with Crippen molar-refractivity contribution < 1.29 is 0 Å². The van der Waals surface area contributed by atoms with Gasteiger partial charge < -0.3 is 10.6 Å². The zero-order valence-electron chi connectivity index (χ0n) is 8.88. The molecule has 3 nitrogen and oxygen atoms in total. The molecule has 1 atom stereocenters. The van der Waals surface area contributed by atoms with E-state index in [1.54, 1.807) is 0 Å². The van der Waals surface area contributed by atoms with E-state index in [9.17, 15) is 0 Å². The Morgan fingerprint density at radius 2 is 2.40 bits per heavy atom. The first-order valence-corrected chi connectivity index (χ1v) is 5.27. The van der Waals surface area contributed by atoms with Crippen LogP contribution in [0.3, 0.4) is 0 Å². The number of nitrogens with zero attached hydrogens (tertiary/aromatic N) is 1. The van der Waals surface area contributed by atoms with Gasteiger partial charge in [-0.25, -0.2) is 0 Å². The molecule has 1 aliphatic rings. The predicted molar refractivity (Wildman–Crippen MR) is 60.8 cm³/mol. The van der Waals surface area contributed by atoms with E-state index in [-0.39, 0.29) is 0 Å². The molecule has 1 saturated heterocycles. The van der Waals surface area contributed by atoms with Gasteiger partial charge >= 0.3 is 0 Å². The van der Waals surface area contributed by atoms with Crippen LogP contribution in [0.15, 0.2) is 18.2 Å². The summed E-state index contributed by atoms with van der Waals surface area (Å²) < 4.78 is 0. The van der Waals surface area contributed by atoms with Crippen molar-refractivity contribution in [2.75, 3.05) is 18.4 Å². The minimum atomic E-state index is 0.457. The van der Waals surface area contributed by atoms with Crippen LogP contribution in [0, 0.1) is 18.3 Å². The van der Waals surface area contributed by atoms with E-state index in [4.69, 9.17) is 5.26 Å². The lowest BCUT2D eigenvalue weighted by Crippen LogP contribution is -2.22. The van der Waals surface area contributed by atoms with Crippen molar-refractivity contribution in [3.63, 3.8) is 0 Å². The molecule has 2 rings (SSSR count). The van der Waals surface area contributed by atoms with E-state index in [0.717, 1.165) is 30.8 Å². The first kappa shape index (κ1) is 10.0. The first-order valence-electron chi connectivity index (χ1n) is 5.27. The zero-order valence-corrected chi connectivity index (χ0v) is 8.88. The van der Waals surface area contributed by atoms with Gasteiger partial charge in [-0.2, -0.15) is 5.26 Å². The molecule has 0 aliphatic carbocycles. The second-order valence-electron chi connectivity index (χ2n) is 3.99. The maximum Gasteiger partial charge on any atom is 0.101 e. The third-order valence-corrected chi connectivity index (χ3v) is 2.72. The van der Waals surface area contributed by atoms with Gasteiger partial charge in [0.05, 0.1) is 11.3 Å². The van der Waals surface area contributed by atoms with Crippen LogP contribution < -0.4 is 10.6 Å². The molecular formula is C12H15N3. The fourth-order valence-corrected chi connectivity index (χ4v) is 1.87. The Morgan fingerprint density at radius 3 is 3.07 bits per heavy atom. The number of hydrogen-bond donors (Lipinski definition) is 2. The van der Waals surface area contributed by atoms with Crippen molar-refractivity contribution >= 4 is 5.69 Å². The summed E-state index contributed by atoms with van der Waals surface area (Å²) in [6.45, 7) is 4.09. The van der Waals surface area contributed by atoms with E-state index in [1.165, 1.54) is 5.56 Å². The van der Waals surface area contributed by atoms with Crippen LogP contribution in [-0.2, 0) is 0 Å². The zero-order chi connectivity index (χ0) is 10.7. The monoisotopic (exact) mass is 201 g/mol. The number of benzene rings is 1. The molecule has 1 fully saturated rings. The summed E-state index contributed by atoms with van der Waals surface area (Å²) in [5, 5.41) is 15.7. The topological polar surface area (TPSA) is 47.9 Å². The molecule has 0 spiro atoms.